The van der Waals surface area contributed by atoms with E-state index >= 15 is 0 Å². The summed E-state index contributed by atoms with van der Waals surface area (Å²) in [6.07, 6.45) is -26.7. The number of alkyl halides is 18. The lowest BCUT2D eigenvalue weighted by Gasteiger charge is -2.40. The van der Waals surface area contributed by atoms with Gasteiger partial charge in [0.1, 0.15) is 19.7 Å². The predicted octanol–water partition coefficient (Wildman–Crippen LogP) is 13.8. The van der Waals surface area contributed by atoms with Gasteiger partial charge in [-0.05, 0) is 137 Å². The molecule has 0 amide bonds. The quantitative estimate of drug-likeness (QED) is 0.106. The van der Waals surface area contributed by atoms with E-state index in [-0.39, 0.29) is 35.7 Å². The van der Waals surface area contributed by atoms with Crippen molar-refractivity contribution in [3.63, 3.8) is 0 Å². The van der Waals surface area contributed by atoms with Crippen LogP contribution in [0.4, 0.5) is 79.0 Å². The van der Waals surface area contributed by atoms with Crippen LogP contribution in [0.3, 0.4) is 0 Å². The Balaban J connectivity index is 0.000000253. The molecule has 0 N–H and O–H groups in total. The second-order valence-electron chi connectivity index (χ2n) is 19.8. The monoisotopic (exact) mass is 1050 g/mol. The zero-order valence-electron chi connectivity index (χ0n) is 39.4. The Morgan fingerprint density at radius 3 is 0.855 bits per heavy atom. The van der Waals surface area contributed by atoms with Gasteiger partial charge in [-0.25, -0.2) is 0 Å². The molecule has 6 aliphatic carbocycles. The summed E-state index contributed by atoms with van der Waals surface area (Å²) in [6, 6.07) is 0. The van der Waals surface area contributed by atoms with Crippen LogP contribution in [-0.2, 0) is 33.2 Å². The second kappa shape index (κ2) is 24.2. The maximum absolute atomic E-state index is 13.2. The number of hydrogen-bond donors (Lipinski definition) is 0. The van der Waals surface area contributed by atoms with E-state index in [1.165, 1.54) is 0 Å². The minimum Gasteiger partial charge on any atom is -0.382 e. The Hall–Kier alpha value is -1.54. The first-order valence-corrected chi connectivity index (χ1v) is 22.8. The van der Waals surface area contributed by atoms with Crippen LogP contribution in [0, 0.1) is 58.7 Å². The van der Waals surface area contributed by atoms with Crippen LogP contribution in [-0.4, -0.2) is 117 Å². The summed E-state index contributed by atoms with van der Waals surface area (Å²) in [5.41, 5.74) is -11.8. The van der Waals surface area contributed by atoms with Gasteiger partial charge in [-0.1, -0.05) is 19.3 Å². The van der Waals surface area contributed by atoms with Gasteiger partial charge in [-0.15, -0.1) is 0 Å². The molecule has 6 bridgehead atoms. The molecule has 69 heavy (non-hydrogen) atoms. The van der Waals surface area contributed by atoms with Crippen molar-refractivity contribution in [3.05, 3.63) is 0 Å². The van der Waals surface area contributed by atoms with Gasteiger partial charge < -0.3 is 33.2 Å². The lowest BCUT2D eigenvalue weighted by atomic mass is 9.74. The summed E-state index contributed by atoms with van der Waals surface area (Å²) in [6.45, 7) is -0.604. The highest BCUT2D eigenvalue weighted by Gasteiger charge is 2.75. The molecular formula is C44H66F18O7. The van der Waals surface area contributed by atoms with Crippen molar-refractivity contribution in [1.82, 2.24) is 0 Å². The second-order valence-corrected chi connectivity index (χ2v) is 19.8. The zero-order chi connectivity index (χ0) is 52.7. The van der Waals surface area contributed by atoms with Crippen molar-refractivity contribution in [2.45, 2.75) is 158 Å². The van der Waals surface area contributed by atoms with E-state index in [1.54, 1.807) is 21.3 Å². The third-order valence-electron chi connectivity index (χ3n) is 15.4. The molecule has 6 rings (SSSR count). The standard InChI is InChI=1S/2C13H18F6O2.C12H16F6.C6H14O3/c2*1-20-7-21-11(12(14,15)16,13(17,18)19)6-10-5-8-2-3-9(10)4-8;1-10(11(13,14)15,12(16,17)18)6-9-5-7-2-3-8(9)4-7;1-7-4-6(9-3)5-8-2/h2*8-10H,2-7H2,1H3;7-9H,2-6H2,1H3;6H,4-5H2,1-3H3. The number of fused-ring (bicyclic) bond motifs is 6. The molecule has 0 saturated heterocycles. The number of halogens is 18. The fourth-order valence-corrected chi connectivity index (χ4v) is 11.6. The third-order valence-corrected chi connectivity index (χ3v) is 15.4. The molecule has 0 aromatic carbocycles. The van der Waals surface area contributed by atoms with Crippen molar-refractivity contribution in [2.24, 2.45) is 58.7 Å². The van der Waals surface area contributed by atoms with Gasteiger partial charge in [0.15, 0.2) is 5.41 Å². The fraction of sp³-hybridized carbons (Fsp3) is 1.00. The summed E-state index contributed by atoms with van der Waals surface area (Å²) < 4.78 is 267. The number of hydrogen-bond acceptors (Lipinski definition) is 7. The molecule has 0 aromatic heterocycles. The first-order chi connectivity index (χ1) is 31.6. The summed E-state index contributed by atoms with van der Waals surface area (Å²) in [5, 5.41) is 0. The smallest absolute Gasteiger partial charge is 0.382 e. The molecule has 0 heterocycles. The zero-order valence-corrected chi connectivity index (χ0v) is 39.4. The third kappa shape index (κ3) is 14.8. The minimum atomic E-state index is -5.52. The van der Waals surface area contributed by atoms with E-state index in [1.807, 2.05) is 0 Å². The van der Waals surface area contributed by atoms with Gasteiger partial charge in [0, 0.05) is 35.5 Å². The molecule has 25 heteroatoms. The van der Waals surface area contributed by atoms with Gasteiger partial charge in [-0.2, -0.15) is 79.0 Å². The molecule has 410 valence electrons. The van der Waals surface area contributed by atoms with Crippen molar-refractivity contribution < 1.29 is 112 Å². The van der Waals surface area contributed by atoms with Gasteiger partial charge in [0.2, 0.25) is 0 Å². The molecule has 0 aromatic rings. The Labute approximate surface area is 390 Å². The topological polar surface area (TPSA) is 64.6 Å². The van der Waals surface area contributed by atoms with Crippen LogP contribution in [0.1, 0.15) is 103 Å². The van der Waals surface area contributed by atoms with E-state index in [0.717, 1.165) is 59.2 Å². The number of ether oxygens (including phenoxy) is 7. The Bertz CT molecular complexity index is 1400. The normalized spacial score (nSPS) is 28.4. The van der Waals surface area contributed by atoms with Crippen molar-refractivity contribution in [1.29, 1.82) is 0 Å². The van der Waals surface area contributed by atoms with E-state index < -0.39 is 104 Å². The average molecular weight is 1050 g/mol. The molecule has 0 aliphatic heterocycles. The van der Waals surface area contributed by atoms with Crippen LogP contribution >= 0.6 is 0 Å². The maximum atomic E-state index is 13.2. The van der Waals surface area contributed by atoms with Crippen LogP contribution in [0.5, 0.6) is 0 Å². The van der Waals surface area contributed by atoms with Gasteiger partial charge in [0.05, 0.1) is 13.2 Å². The molecular weight excluding hydrogens is 982 g/mol. The molecule has 6 saturated carbocycles. The van der Waals surface area contributed by atoms with Crippen LogP contribution < -0.4 is 0 Å². The van der Waals surface area contributed by atoms with Gasteiger partial charge in [-0.3, -0.25) is 0 Å². The van der Waals surface area contributed by atoms with E-state index in [9.17, 15) is 79.0 Å². The average Bonchev–Trinajstić information content (AvgIpc) is 4.10. The molecule has 6 fully saturated rings. The number of rotatable bonds is 17. The van der Waals surface area contributed by atoms with E-state index in [2.05, 4.69) is 18.9 Å². The lowest BCUT2D eigenvalue weighted by molar-refractivity contribution is -0.397. The Kier molecular flexibility index (Phi) is 21.7. The van der Waals surface area contributed by atoms with E-state index in [0.29, 0.717) is 58.2 Å². The highest BCUT2D eigenvalue weighted by molar-refractivity contribution is 5.03. The van der Waals surface area contributed by atoms with Gasteiger partial charge in [0.25, 0.3) is 11.2 Å². The largest absolute Gasteiger partial charge is 0.426 e. The minimum absolute atomic E-state index is 0.0507. The molecule has 7 nitrogen and oxygen atoms in total. The van der Waals surface area contributed by atoms with Crippen LogP contribution in [0.2, 0.25) is 0 Å². The van der Waals surface area contributed by atoms with Crippen molar-refractivity contribution in [3.8, 4) is 0 Å². The SMILES string of the molecule is CC(CC1CC2CCC1C2)(C(F)(F)F)C(F)(F)F.COCC(COC)OC.COCOC(CC1CC2CCC1C2)(C(F)(F)F)C(F)(F)F.COCOC(CC1CC2CCC1C2)(C(F)(F)F)C(F)(F)F. The molecule has 0 radical (unpaired) electrons. The first-order valence-electron chi connectivity index (χ1n) is 22.8. The van der Waals surface area contributed by atoms with Crippen LogP contribution in [0.15, 0.2) is 0 Å². The summed E-state index contributed by atoms with van der Waals surface area (Å²) in [7, 11) is 6.91. The summed E-state index contributed by atoms with van der Waals surface area (Å²) in [5.74, 6) is -0.756. The fourth-order valence-electron chi connectivity index (χ4n) is 11.6. The van der Waals surface area contributed by atoms with Gasteiger partial charge >= 0.3 is 37.1 Å². The maximum Gasteiger partial charge on any atom is 0.426 e. The van der Waals surface area contributed by atoms with Crippen molar-refractivity contribution >= 4 is 0 Å². The molecule has 9 unspecified atom stereocenters. The highest BCUT2D eigenvalue weighted by atomic mass is 19.4. The number of methoxy groups -OCH3 is 5. The molecule has 0 spiro atoms. The first kappa shape index (κ1) is 61.8. The lowest BCUT2D eigenvalue weighted by Crippen LogP contribution is -2.60. The molecule has 6 aliphatic rings. The highest BCUT2D eigenvalue weighted by Crippen LogP contribution is 2.61. The van der Waals surface area contributed by atoms with E-state index in [4.69, 9.17) is 14.2 Å². The Morgan fingerprint density at radius 2 is 0.667 bits per heavy atom. The van der Waals surface area contributed by atoms with Crippen molar-refractivity contribution in [2.75, 3.05) is 62.3 Å². The molecule has 9 atom stereocenters. The van der Waals surface area contributed by atoms with Crippen LogP contribution in [0.25, 0.3) is 0 Å². The summed E-state index contributed by atoms with van der Waals surface area (Å²) >= 11 is 0. The summed E-state index contributed by atoms with van der Waals surface area (Å²) in [4.78, 5) is 0. The Morgan fingerprint density at radius 1 is 0.377 bits per heavy atom. The predicted molar refractivity (Wildman–Crippen MR) is 211 cm³/mol.